The van der Waals surface area contributed by atoms with E-state index in [9.17, 15) is 23.5 Å². The number of nitrogens with zero attached hydrogens (tertiary/aromatic N) is 4. The van der Waals surface area contributed by atoms with Gasteiger partial charge in [-0.2, -0.15) is 5.10 Å². The lowest BCUT2D eigenvalue weighted by molar-refractivity contribution is -0.147. The van der Waals surface area contributed by atoms with E-state index in [2.05, 4.69) is 20.4 Å². The number of aromatic nitrogens is 3. The number of carboxylic acids is 1. The Labute approximate surface area is 237 Å². The van der Waals surface area contributed by atoms with Crippen molar-refractivity contribution in [1.29, 1.82) is 0 Å². The monoisotopic (exact) mass is 589 g/mol. The van der Waals surface area contributed by atoms with Gasteiger partial charge in [0.2, 0.25) is 0 Å². The maximum Gasteiger partial charge on any atom is 0.338 e. The molecule has 0 spiro atoms. The minimum Gasteiger partial charge on any atom is -0.481 e. The number of halogens is 3. The van der Waals surface area contributed by atoms with Gasteiger partial charge >= 0.3 is 11.9 Å². The molecular weight excluding hydrogens is 564 g/mol. The fraction of sp³-hybridized carbons (Fsp3) is 0.370. The van der Waals surface area contributed by atoms with Crippen LogP contribution in [0.4, 0.5) is 8.78 Å². The highest BCUT2D eigenvalue weighted by Crippen LogP contribution is 2.41. The summed E-state index contributed by atoms with van der Waals surface area (Å²) in [5.74, 6) is -3.79. The van der Waals surface area contributed by atoms with Crippen LogP contribution in [0, 0.1) is 23.0 Å². The number of carbonyl (C=O) groups excluding carboxylic acids is 1. The molecular formula is C27H26ClF2N5O4S. The molecule has 2 aromatic heterocycles. The Morgan fingerprint density at radius 2 is 2.10 bits per heavy atom. The number of benzene rings is 1. The number of methoxy groups -OCH3 is 1. The summed E-state index contributed by atoms with van der Waals surface area (Å²) in [5, 5.41) is 19.3. The van der Waals surface area contributed by atoms with Gasteiger partial charge in [-0.1, -0.05) is 17.7 Å². The van der Waals surface area contributed by atoms with E-state index in [0.29, 0.717) is 35.8 Å². The van der Waals surface area contributed by atoms with E-state index in [1.54, 1.807) is 30.1 Å². The third kappa shape index (κ3) is 5.13. The molecule has 13 heteroatoms. The highest BCUT2D eigenvalue weighted by molar-refractivity contribution is 7.11. The number of hydrogen-bond donors (Lipinski definition) is 2. The number of amidine groups is 1. The second kappa shape index (κ2) is 10.7. The van der Waals surface area contributed by atoms with Crippen molar-refractivity contribution in [3.05, 3.63) is 79.7 Å². The minimum atomic E-state index is -1.23. The van der Waals surface area contributed by atoms with Crippen LogP contribution in [0.2, 0.25) is 5.02 Å². The summed E-state index contributed by atoms with van der Waals surface area (Å²) in [6, 6.07) is 1.18. The van der Waals surface area contributed by atoms with Crippen LogP contribution in [-0.2, 0) is 33.7 Å². The summed E-state index contributed by atoms with van der Waals surface area (Å²) in [6.07, 6.45) is 5.14. The average Bonchev–Trinajstić information content (AvgIpc) is 3.60. The van der Waals surface area contributed by atoms with Crippen LogP contribution in [-0.4, -0.2) is 44.8 Å². The maximum absolute atomic E-state index is 14.6. The zero-order chi connectivity index (χ0) is 28.8. The molecule has 40 heavy (non-hydrogen) atoms. The number of carboxylic acid groups (broad SMARTS) is 1. The third-order valence-electron chi connectivity index (χ3n) is 7.14. The van der Waals surface area contributed by atoms with Crippen LogP contribution in [0.1, 0.15) is 48.1 Å². The van der Waals surface area contributed by atoms with Gasteiger partial charge in [0.05, 0.1) is 35.4 Å². The lowest BCUT2D eigenvalue weighted by Crippen LogP contribution is -2.38. The first-order chi connectivity index (χ1) is 19.0. The smallest absolute Gasteiger partial charge is 0.338 e. The quantitative estimate of drug-likeness (QED) is 0.303. The molecule has 210 valence electrons. The Balaban J connectivity index is 1.58. The van der Waals surface area contributed by atoms with Crippen molar-refractivity contribution in [2.45, 2.75) is 45.7 Å². The van der Waals surface area contributed by atoms with Gasteiger partial charge < -0.3 is 15.2 Å². The van der Waals surface area contributed by atoms with E-state index in [1.807, 2.05) is 6.20 Å². The normalized spacial score (nSPS) is 19.1. The average molecular weight is 590 g/mol. The van der Waals surface area contributed by atoms with E-state index >= 15 is 0 Å². The van der Waals surface area contributed by atoms with Crippen molar-refractivity contribution >= 4 is 40.7 Å². The number of allylic oxidation sites excluding steroid dienone is 1. The Morgan fingerprint density at radius 3 is 2.77 bits per heavy atom. The Kier molecular flexibility index (Phi) is 7.49. The van der Waals surface area contributed by atoms with Gasteiger partial charge in [-0.3, -0.25) is 14.5 Å². The number of aryl methyl sites for hydroxylation is 1. The molecule has 0 saturated carbocycles. The second-order valence-corrected chi connectivity index (χ2v) is 11.6. The summed E-state index contributed by atoms with van der Waals surface area (Å²) >= 11 is 7.58. The fourth-order valence-corrected chi connectivity index (χ4v) is 5.85. The number of fused-ring (bicyclic) bond motifs is 1. The molecule has 0 bridgehead atoms. The van der Waals surface area contributed by atoms with Gasteiger partial charge in [0.15, 0.2) is 22.5 Å². The molecule has 3 heterocycles. The van der Waals surface area contributed by atoms with Crippen LogP contribution in [0.5, 0.6) is 0 Å². The molecule has 0 amide bonds. The number of hydrogen-bond acceptors (Lipinski definition) is 8. The SMILES string of the molecule is COC(=O)C1=C(C2CCc3nn(CC(C)(C)C(=O)O)cc3C2)NC(c2nccs2)=NC1c1ccc(F)c(F)c1Cl. The van der Waals surface area contributed by atoms with Crippen molar-refractivity contribution < 1.29 is 28.2 Å². The predicted molar refractivity (Wildman–Crippen MR) is 144 cm³/mol. The second-order valence-electron chi connectivity index (χ2n) is 10.4. The zero-order valence-electron chi connectivity index (χ0n) is 21.9. The van der Waals surface area contributed by atoms with Crippen molar-refractivity contribution in [2.75, 3.05) is 7.11 Å². The molecule has 3 aromatic rings. The predicted octanol–water partition coefficient (Wildman–Crippen LogP) is 4.71. The van der Waals surface area contributed by atoms with Gasteiger partial charge in [-0.05, 0) is 44.7 Å². The van der Waals surface area contributed by atoms with Crippen LogP contribution in [0.3, 0.4) is 0 Å². The standard InChI is InChI=1S/C27H26ClF2N5O4S/c1-27(2,26(37)38)12-35-11-14-10-13(4-7-17(14)34-35)21-18(25(36)39-3)22(15-5-6-16(29)20(30)19(15)28)33-23(32-21)24-31-8-9-40-24/h5-6,8-9,11,13,22H,4,7,10,12H2,1-3H3,(H,32,33)(H,37,38). The first kappa shape index (κ1) is 27.9. The number of thiazole rings is 1. The van der Waals surface area contributed by atoms with E-state index in [4.69, 9.17) is 16.3 Å². The Bertz CT molecular complexity index is 1550. The van der Waals surface area contributed by atoms with Crippen molar-refractivity contribution in [3.8, 4) is 0 Å². The number of carbonyl (C=O) groups is 2. The number of esters is 1. The molecule has 2 unspecified atom stereocenters. The number of aliphatic imine (C=N–C) groups is 1. The largest absolute Gasteiger partial charge is 0.481 e. The summed E-state index contributed by atoms with van der Waals surface area (Å²) in [4.78, 5) is 33.9. The molecule has 0 radical (unpaired) electrons. The van der Waals surface area contributed by atoms with E-state index in [-0.39, 0.29) is 23.6 Å². The Morgan fingerprint density at radius 1 is 1.32 bits per heavy atom. The summed E-state index contributed by atoms with van der Waals surface area (Å²) < 4.78 is 35.3. The van der Waals surface area contributed by atoms with Gasteiger partial charge in [0.25, 0.3) is 0 Å². The van der Waals surface area contributed by atoms with Crippen LogP contribution in [0.15, 0.2) is 46.2 Å². The molecule has 2 N–H and O–H groups in total. The van der Waals surface area contributed by atoms with Gasteiger partial charge in [-0.25, -0.2) is 18.6 Å². The lowest BCUT2D eigenvalue weighted by atomic mass is 9.81. The Hall–Kier alpha value is -3.64. The van der Waals surface area contributed by atoms with Crippen molar-refractivity contribution in [3.63, 3.8) is 0 Å². The zero-order valence-corrected chi connectivity index (χ0v) is 23.4. The first-order valence-corrected chi connectivity index (χ1v) is 13.7. The number of aliphatic carboxylic acids is 1. The molecule has 1 aliphatic heterocycles. The van der Waals surface area contributed by atoms with Crippen LogP contribution < -0.4 is 5.32 Å². The molecule has 0 fully saturated rings. The van der Waals surface area contributed by atoms with Gasteiger partial charge in [0.1, 0.15) is 6.04 Å². The topological polar surface area (TPSA) is 119 Å². The fourth-order valence-electron chi connectivity index (χ4n) is 5.01. The van der Waals surface area contributed by atoms with Gasteiger partial charge in [-0.15, -0.1) is 11.3 Å². The van der Waals surface area contributed by atoms with Crippen LogP contribution in [0.25, 0.3) is 0 Å². The first-order valence-electron chi connectivity index (χ1n) is 12.5. The summed E-state index contributed by atoms with van der Waals surface area (Å²) in [6.45, 7) is 3.48. The molecule has 5 rings (SSSR count). The molecule has 9 nitrogen and oxygen atoms in total. The van der Waals surface area contributed by atoms with E-state index < -0.39 is 40.1 Å². The molecule has 0 saturated heterocycles. The molecule has 1 aliphatic carbocycles. The number of rotatable bonds is 7. The summed E-state index contributed by atoms with van der Waals surface area (Å²) in [7, 11) is 1.24. The third-order valence-corrected chi connectivity index (χ3v) is 8.30. The highest BCUT2D eigenvalue weighted by atomic mass is 35.5. The van der Waals surface area contributed by atoms with Crippen molar-refractivity contribution in [2.24, 2.45) is 16.3 Å². The molecule has 1 aromatic carbocycles. The van der Waals surface area contributed by atoms with Crippen molar-refractivity contribution in [1.82, 2.24) is 20.1 Å². The number of ether oxygens (including phenoxy) is 1. The maximum atomic E-state index is 14.6. The number of nitrogens with one attached hydrogen (secondary N) is 1. The van der Waals surface area contributed by atoms with Gasteiger partial charge in [0, 0.05) is 35.0 Å². The van der Waals surface area contributed by atoms with E-state index in [1.165, 1.54) is 24.5 Å². The summed E-state index contributed by atoms with van der Waals surface area (Å²) in [5.41, 5.74) is 1.58. The van der Waals surface area contributed by atoms with E-state index in [0.717, 1.165) is 17.3 Å². The lowest BCUT2D eigenvalue weighted by Gasteiger charge is -2.32. The molecule has 2 aliphatic rings. The molecule has 2 atom stereocenters. The minimum absolute atomic E-state index is 0.120. The van der Waals surface area contributed by atoms with Crippen LogP contribution >= 0.6 is 22.9 Å². The highest BCUT2D eigenvalue weighted by Gasteiger charge is 2.39.